The van der Waals surface area contributed by atoms with Crippen LogP contribution in [0.3, 0.4) is 0 Å². The van der Waals surface area contributed by atoms with Crippen molar-refractivity contribution in [1.82, 2.24) is 4.90 Å². The van der Waals surface area contributed by atoms with Gasteiger partial charge in [0.05, 0.1) is 33.3 Å². The number of ether oxygens (including phenoxy) is 3. The van der Waals surface area contributed by atoms with E-state index in [0.717, 1.165) is 28.6 Å². The molecule has 0 aliphatic carbocycles. The molecule has 2 aromatic rings. The van der Waals surface area contributed by atoms with E-state index in [1.54, 1.807) is 21.3 Å². The summed E-state index contributed by atoms with van der Waals surface area (Å²) in [5, 5.41) is 9.57. The summed E-state index contributed by atoms with van der Waals surface area (Å²) >= 11 is 3.49. The zero-order valence-electron chi connectivity index (χ0n) is 16.9. The second-order valence-electron chi connectivity index (χ2n) is 7.05. The maximum absolute atomic E-state index is 11.7. The molecule has 29 heavy (non-hydrogen) atoms. The molecular weight excluding hydrogens is 438 g/mol. The number of carbonyl (C=O) groups is 1. The molecule has 0 amide bonds. The van der Waals surface area contributed by atoms with Crippen LogP contribution in [0.1, 0.15) is 30.0 Å². The van der Waals surface area contributed by atoms with Gasteiger partial charge in [0.15, 0.2) is 11.5 Å². The van der Waals surface area contributed by atoms with Crippen LogP contribution in [0.2, 0.25) is 0 Å². The number of carboxylic acid groups (broad SMARTS) is 1. The van der Waals surface area contributed by atoms with Crippen molar-refractivity contribution in [3.05, 3.63) is 52.0 Å². The van der Waals surface area contributed by atoms with Gasteiger partial charge < -0.3 is 19.3 Å². The van der Waals surface area contributed by atoms with Gasteiger partial charge >= 0.3 is 5.97 Å². The smallest absolute Gasteiger partial charge is 0.307 e. The van der Waals surface area contributed by atoms with E-state index < -0.39 is 5.97 Å². The second kappa shape index (κ2) is 9.50. The number of carboxylic acids is 1. The minimum Gasteiger partial charge on any atom is -0.493 e. The highest BCUT2D eigenvalue weighted by molar-refractivity contribution is 9.10. The third kappa shape index (κ3) is 4.51. The molecule has 6 nitrogen and oxygen atoms in total. The van der Waals surface area contributed by atoms with Crippen molar-refractivity contribution < 1.29 is 24.1 Å². The fourth-order valence-corrected chi connectivity index (χ4v) is 4.28. The van der Waals surface area contributed by atoms with E-state index >= 15 is 0 Å². The molecule has 0 bridgehead atoms. The number of piperidine rings is 1. The quantitative estimate of drug-likeness (QED) is 0.657. The number of benzene rings is 2. The van der Waals surface area contributed by atoms with Crippen molar-refractivity contribution >= 4 is 21.9 Å². The van der Waals surface area contributed by atoms with Crippen LogP contribution in [0.4, 0.5) is 0 Å². The fraction of sp³-hybridized carbons (Fsp3) is 0.409. The monoisotopic (exact) mass is 463 g/mol. The molecule has 1 aliphatic heterocycles. The second-order valence-corrected chi connectivity index (χ2v) is 7.97. The van der Waals surface area contributed by atoms with Crippen LogP contribution < -0.4 is 14.2 Å². The lowest BCUT2D eigenvalue weighted by Crippen LogP contribution is -2.41. The first-order valence-electron chi connectivity index (χ1n) is 9.51. The van der Waals surface area contributed by atoms with Crippen LogP contribution in [0.15, 0.2) is 40.9 Å². The first-order valence-corrected chi connectivity index (χ1v) is 10.3. The Kier molecular flexibility index (Phi) is 7.03. The molecule has 0 aromatic heterocycles. The topological polar surface area (TPSA) is 68.2 Å². The van der Waals surface area contributed by atoms with Crippen LogP contribution in [0.25, 0.3) is 0 Å². The van der Waals surface area contributed by atoms with E-state index in [2.05, 4.69) is 33.0 Å². The summed E-state index contributed by atoms with van der Waals surface area (Å²) in [6.45, 7) is 1.29. The SMILES string of the molecule is COc1ccc(C(c2ccc(Br)cc2)N2CCCC(C(=O)O)C2)c(OC)c1OC. The lowest BCUT2D eigenvalue weighted by atomic mass is 9.90. The average molecular weight is 464 g/mol. The molecule has 1 N–H and O–H groups in total. The van der Waals surface area contributed by atoms with Crippen molar-refractivity contribution in [3.63, 3.8) is 0 Å². The highest BCUT2D eigenvalue weighted by Crippen LogP contribution is 2.46. The van der Waals surface area contributed by atoms with Crippen LogP contribution in [-0.4, -0.2) is 50.4 Å². The summed E-state index contributed by atoms with van der Waals surface area (Å²) in [5.74, 6) is 0.583. The van der Waals surface area contributed by atoms with Gasteiger partial charge in [0.2, 0.25) is 5.75 Å². The number of rotatable bonds is 7. The normalized spacial score (nSPS) is 18.1. The minimum atomic E-state index is -0.747. The molecule has 1 heterocycles. The molecule has 0 radical (unpaired) electrons. The predicted octanol–water partition coefficient (Wildman–Crippen LogP) is 4.36. The van der Waals surface area contributed by atoms with Gasteiger partial charge in [-0.15, -0.1) is 0 Å². The van der Waals surface area contributed by atoms with E-state index in [1.807, 2.05) is 24.3 Å². The van der Waals surface area contributed by atoms with Crippen molar-refractivity contribution in [1.29, 1.82) is 0 Å². The van der Waals surface area contributed by atoms with Gasteiger partial charge in [0, 0.05) is 16.6 Å². The Labute approximate surface area is 179 Å². The molecular formula is C22H26BrNO5. The zero-order valence-corrected chi connectivity index (χ0v) is 18.4. The Hall–Kier alpha value is -2.25. The minimum absolute atomic E-state index is 0.167. The van der Waals surface area contributed by atoms with Gasteiger partial charge in [-0.2, -0.15) is 0 Å². The Morgan fingerprint density at radius 2 is 1.76 bits per heavy atom. The van der Waals surface area contributed by atoms with E-state index in [4.69, 9.17) is 14.2 Å². The number of hydrogen-bond donors (Lipinski definition) is 1. The van der Waals surface area contributed by atoms with Gasteiger partial charge in [-0.1, -0.05) is 28.1 Å². The van der Waals surface area contributed by atoms with Crippen molar-refractivity contribution in [2.45, 2.75) is 18.9 Å². The lowest BCUT2D eigenvalue weighted by molar-refractivity contribution is -0.143. The maximum Gasteiger partial charge on any atom is 0.307 e. The first-order chi connectivity index (χ1) is 14.0. The van der Waals surface area contributed by atoms with E-state index in [-0.39, 0.29) is 12.0 Å². The summed E-state index contributed by atoms with van der Waals surface area (Å²) in [7, 11) is 4.78. The zero-order chi connectivity index (χ0) is 21.0. The van der Waals surface area contributed by atoms with Gasteiger partial charge in [0.25, 0.3) is 0 Å². The molecule has 2 atom stereocenters. The summed E-state index contributed by atoms with van der Waals surface area (Å²) in [6, 6.07) is 11.8. The lowest BCUT2D eigenvalue weighted by Gasteiger charge is -2.38. The number of halogens is 1. The standard InChI is InChI=1S/C22H26BrNO5/c1-27-18-11-10-17(20(28-2)21(18)29-3)19(14-6-8-16(23)9-7-14)24-12-4-5-15(13-24)22(25)26/h6-11,15,19H,4-5,12-13H2,1-3H3,(H,25,26). The first kappa shape index (κ1) is 21.5. The van der Waals surface area contributed by atoms with Gasteiger partial charge in [0.1, 0.15) is 0 Å². The van der Waals surface area contributed by atoms with Crippen molar-refractivity contribution in [2.24, 2.45) is 5.92 Å². The summed E-state index contributed by atoms with van der Waals surface area (Å²) in [4.78, 5) is 13.9. The Morgan fingerprint density at radius 3 is 2.34 bits per heavy atom. The Morgan fingerprint density at radius 1 is 1.07 bits per heavy atom. The van der Waals surface area contributed by atoms with Gasteiger partial charge in [-0.05, 0) is 49.2 Å². The van der Waals surface area contributed by atoms with E-state index in [9.17, 15) is 9.90 Å². The maximum atomic E-state index is 11.7. The summed E-state index contributed by atoms with van der Waals surface area (Å²) < 4.78 is 17.7. The van der Waals surface area contributed by atoms with Crippen LogP contribution in [0, 0.1) is 5.92 Å². The highest BCUT2D eigenvalue weighted by Gasteiger charge is 2.33. The molecule has 7 heteroatoms. The molecule has 0 spiro atoms. The third-order valence-corrected chi connectivity index (χ3v) is 5.91. The third-order valence-electron chi connectivity index (χ3n) is 5.38. The van der Waals surface area contributed by atoms with Crippen LogP contribution in [0.5, 0.6) is 17.2 Å². The number of nitrogens with zero attached hydrogens (tertiary/aromatic N) is 1. The molecule has 2 unspecified atom stereocenters. The Bertz CT molecular complexity index is 855. The predicted molar refractivity (Wildman–Crippen MR) is 114 cm³/mol. The molecule has 3 rings (SSSR count). The number of likely N-dealkylation sites (tertiary alicyclic amines) is 1. The number of methoxy groups -OCH3 is 3. The van der Waals surface area contributed by atoms with Gasteiger partial charge in [-0.3, -0.25) is 9.69 Å². The van der Waals surface area contributed by atoms with Crippen LogP contribution >= 0.6 is 15.9 Å². The van der Waals surface area contributed by atoms with E-state index in [1.165, 1.54) is 0 Å². The summed E-state index contributed by atoms with van der Waals surface area (Å²) in [5.41, 5.74) is 1.98. The fourth-order valence-electron chi connectivity index (χ4n) is 4.01. The molecule has 1 fully saturated rings. The molecule has 156 valence electrons. The average Bonchev–Trinajstić information content (AvgIpc) is 2.74. The van der Waals surface area contributed by atoms with Crippen molar-refractivity contribution in [3.8, 4) is 17.2 Å². The highest BCUT2D eigenvalue weighted by atomic mass is 79.9. The Balaban J connectivity index is 2.13. The molecule has 1 saturated heterocycles. The van der Waals surface area contributed by atoms with Crippen LogP contribution in [-0.2, 0) is 4.79 Å². The summed E-state index contributed by atoms with van der Waals surface area (Å²) in [6.07, 6.45) is 1.53. The van der Waals surface area contributed by atoms with E-state index in [0.29, 0.717) is 30.2 Å². The largest absolute Gasteiger partial charge is 0.493 e. The molecule has 1 aliphatic rings. The molecule has 2 aromatic carbocycles. The number of aliphatic carboxylic acids is 1. The number of hydrogen-bond acceptors (Lipinski definition) is 5. The van der Waals surface area contributed by atoms with Gasteiger partial charge in [-0.25, -0.2) is 0 Å². The van der Waals surface area contributed by atoms with Crippen molar-refractivity contribution in [2.75, 3.05) is 34.4 Å². The molecule has 0 saturated carbocycles.